The predicted molar refractivity (Wildman–Crippen MR) is 68.3 cm³/mol. The average molecular weight is 236 g/mol. The Balaban J connectivity index is 2.58. The number of carbonyl (C=O) groups excluding carboxylic acids is 1. The summed E-state index contributed by atoms with van der Waals surface area (Å²) >= 11 is 0. The summed E-state index contributed by atoms with van der Waals surface area (Å²) < 4.78 is 5.30. The highest BCUT2D eigenvalue weighted by molar-refractivity contribution is 5.96. The Morgan fingerprint density at radius 1 is 1.47 bits per heavy atom. The molecule has 4 nitrogen and oxygen atoms in total. The second-order valence-electron chi connectivity index (χ2n) is 4.22. The number of nitrogens with one attached hydrogen (secondary N) is 1. The number of hydrogen-bond acceptors (Lipinski definition) is 3. The van der Waals surface area contributed by atoms with Gasteiger partial charge in [0.2, 0.25) is 0 Å². The summed E-state index contributed by atoms with van der Waals surface area (Å²) in [7, 11) is 0. The molecular weight excluding hydrogens is 216 g/mol. The molecule has 1 rings (SSSR count). The lowest BCUT2D eigenvalue weighted by molar-refractivity contribution is 0.0953. The molecule has 4 heteroatoms. The third-order valence-electron chi connectivity index (χ3n) is 2.53. The second-order valence-corrected chi connectivity index (χ2v) is 4.22. The van der Waals surface area contributed by atoms with Gasteiger partial charge in [0.25, 0.3) is 5.91 Å². The van der Waals surface area contributed by atoms with Crippen molar-refractivity contribution in [1.82, 2.24) is 5.43 Å². The summed E-state index contributed by atoms with van der Waals surface area (Å²) in [6.45, 7) is 7.64. The fourth-order valence-corrected chi connectivity index (χ4v) is 1.55. The first kappa shape index (κ1) is 13.5. The maximum absolute atomic E-state index is 11.8. The van der Waals surface area contributed by atoms with Gasteiger partial charge in [0, 0.05) is 5.71 Å². The van der Waals surface area contributed by atoms with Crippen LogP contribution >= 0.6 is 0 Å². The molecule has 0 radical (unpaired) electrons. The fraction of sp³-hybridized carbons (Fsp3) is 0.538. The molecule has 1 aromatic heterocycles. The Morgan fingerprint density at radius 2 is 2.18 bits per heavy atom. The van der Waals surface area contributed by atoms with Gasteiger partial charge in [-0.2, -0.15) is 5.10 Å². The van der Waals surface area contributed by atoms with Crippen molar-refractivity contribution in [1.29, 1.82) is 0 Å². The number of rotatable bonds is 5. The predicted octanol–water partition coefficient (Wildman–Crippen LogP) is 3.19. The minimum atomic E-state index is -0.213. The molecule has 0 aliphatic heterocycles. The molecule has 0 aliphatic carbocycles. The van der Waals surface area contributed by atoms with Crippen molar-refractivity contribution >= 4 is 11.6 Å². The minimum absolute atomic E-state index is 0.213. The topological polar surface area (TPSA) is 54.6 Å². The van der Waals surface area contributed by atoms with Gasteiger partial charge in [-0.1, -0.05) is 13.3 Å². The quantitative estimate of drug-likeness (QED) is 0.630. The Bertz CT molecular complexity index is 419. The van der Waals surface area contributed by atoms with Crippen LogP contribution in [0.2, 0.25) is 0 Å². The lowest BCUT2D eigenvalue weighted by Gasteiger charge is -2.01. The van der Waals surface area contributed by atoms with Crippen LogP contribution in [0.1, 0.15) is 55.0 Å². The van der Waals surface area contributed by atoms with Crippen LogP contribution in [0.4, 0.5) is 0 Å². The summed E-state index contributed by atoms with van der Waals surface area (Å²) in [5.41, 5.74) is 4.04. The monoisotopic (exact) mass is 236 g/mol. The molecule has 0 atom stereocenters. The van der Waals surface area contributed by atoms with Crippen molar-refractivity contribution in [3.63, 3.8) is 0 Å². The molecule has 0 spiro atoms. The Morgan fingerprint density at radius 3 is 2.71 bits per heavy atom. The molecule has 0 saturated heterocycles. The normalized spacial score (nSPS) is 11.6. The molecular formula is C13H20N2O2. The Labute approximate surface area is 102 Å². The third kappa shape index (κ3) is 4.06. The molecule has 1 amide bonds. The first-order valence-electron chi connectivity index (χ1n) is 5.95. The van der Waals surface area contributed by atoms with Crippen LogP contribution in [-0.2, 0) is 0 Å². The number of furan rings is 1. The lowest BCUT2D eigenvalue weighted by Crippen LogP contribution is -2.19. The van der Waals surface area contributed by atoms with Gasteiger partial charge in [-0.05, 0) is 39.7 Å². The molecule has 94 valence electrons. The van der Waals surface area contributed by atoms with E-state index in [1.165, 1.54) is 0 Å². The zero-order valence-electron chi connectivity index (χ0n) is 11.0. The van der Waals surface area contributed by atoms with Crippen molar-refractivity contribution in [2.24, 2.45) is 5.10 Å². The van der Waals surface area contributed by atoms with Gasteiger partial charge in [-0.3, -0.25) is 4.79 Å². The SMILES string of the molecule is CCCCC(C)=NNC(=O)c1cc(C)oc1C. The molecule has 0 bridgehead atoms. The van der Waals surface area contributed by atoms with Gasteiger partial charge in [-0.15, -0.1) is 0 Å². The van der Waals surface area contributed by atoms with E-state index in [1.54, 1.807) is 13.0 Å². The van der Waals surface area contributed by atoms with Gasteiger partial charge < -0.3 is 4.42 Å². The highest BCUT2D eigenvalue weighted by Crippen LogP contribution is 2.13. The van der Waals surface area contributed by atoms with Gasteiger partial charge in [0.15, 0.2) is 0 Å². The maximum Gasteiger partial charge on any atom is 0.274 e. The van der Waals surface area contributed by atoms with Gasteiger partial charge in [0.1, 0.15) is 11.5 Å². The first-order chi connectivity index (χ1) is 8.04. The summed E-state index contributed by atoms with van der Waals surface area (Å²) in [4.78, 5) is 11.8. The van der Waals surface area contributed by atoms with Crippen LogP contribution in [0.25, 0.3) is 0 Å². The second kappa shape index (κ2) is 6.23. The smallest absolute Gasteiger partial charge is 0.274 e. The van der Waals surface area contributed by atoms with Crippen molar-refractivity contribution in [2.75, 3.05) is 0 Å². The molecule has 0 unspecified atom stereocenters. The van der Waals surface area contributed by atoms with E-state index < -0.39 is 0 Å². The summed E-state index contributed by atoms with van der Waals surface area (Å²) in [5.74, 6) is 1.15. The Hall–Kier alpha value is -1.58. The highest BCUT2D eigenvalue weighted by atomic mass is 16.3. The van der Waals surface area contributed by atoms with Crippen molar-refractivity contribution in [3.05, 3.63) is 23.2 Å². The van der Waals surface area contributed by atoms with Crippen LogP contribution in [0, 0.1) is 13.8 Å². The van der Waals surface area contributed by atoms with Crippen LogP contribution < -0.4 is 5.43 Å². The van der Waals surface area contributed by atoms with Crippen LogP contribution in [0.15, 0.2) is 15.6 Å². The van der Waals surface area contributed by atoms with E-state index in [4.69, 9.17) is 4.42 Å². The van der Waals surface area contributed by atoms with E-state index in [-0.39, 0.29) is 5.91 Å². The van der Waals surface area contributed by atoms with Crippen LogP contribution in [0.3, 0.4) is 0 Å². The average Bonchev–Trinajstić information content (AvgIpc) is 2.62. The van der Waals surface area contributed by atoms with E-state index in [1.807, 2.05) is 13.8 Å². The van der Waals surface area contributed by atoms with Gasteiger partial charge in [0.05, 0.1) is 5.56 Å². The number of nitrogens with zero attached hydrogens (tertiary/aromatic N) is 1. The third-order valence-corrected chi connectivity index (χ3v) is 2.53. The molecule has 1 heterocycles. The zero-order valence-corrected chi connectivity index (χ0v) is 11.0. The van der Waals surface area contributed by atoms with Crippen molar-refractivity contribution in [2.45, 2.75) is 47.0 Å². The number of carbonyl (C=O) groups is 1. The summed E-state index contributed by atoms with van der Waals surface area (Å²) in [5, 5.41) is 4.06. The van der Waals surface area contributed by atoms with E-state index in [0.29, 0.717) is 11.3 Å². The number of aryl methyl sites for hydroxylation is 2. The number of hydrazone groups is 1. The summed E-state index contributed by atoms with van der Waals surface area (Å²) in [6.07, 6.45) is 3.13. The standard InChI is InChI=1S/C13H20N2O2/c1-5-6-7-9(2)14-15-13(16)12-8-10(3)17-11(12)4/h8H,5-7H2,1-4H3,(H,15,16). The largest absolute Gasteiger partial charge is 0.466 e. The summed E-state index contributed by atoms with van der Waals surface area (Å²) in [6, 6.07) is 1.72. The van der Waals surface area contributed by atoms with E-state index in [2.05, 4.69) is 17.5 Å². The van der Waals surface area contributed by atoms with Crippen molar-refractivity contribution < 1.29 is 9.21 Å². The number of hydrogen-bond donors (Lipinski definition) is 1. The molecule has 17 heavy (non-hydrogen) atoms. The molecule has 0 aliphatic rings. The van der Waals surface area contributed by atoms with E-state index in [0.717, 1.165) is 30.7 Å². The molecule has 0 fully saturated rings. The van der Waals surface area contributed by atoms with Gasteiger partial charge >= 0.3 is 0 Å². The fourth-order valence-electron chi connectivity index (χ4n) is 1.55. The zero-order chi connectivity index (χ0) is 12.8. The molecule has 1 N–H and O–H groups in total. The number of unbranched alkanes of at least 4 members (excludes halogenated alkanes) is 1. The van der Waals surface area contributed by atoms with Crippen LogP contribution in [0.5, 0.6) is 0 Å². The van der Waals surface area contributed by atoms with Crippen LogP contribution in [-0.4, -0.2) is 11.6 Å². The van der Waals surface area contributed by atoms with Gasteiger partial charge in [-0.25, -0.2) is 5.43 Å². The van der Waals surface area contributed by atoms with Crippen molar-refractivity contribution in [3.8, 4) is 0 Å². The van der Waals surface area contributed by atoms with E-state index in [9.17, 15) is 4.79 Å². The first-order valence-corrected chi connectivity index (χ1v) is 5.95. The minimum Gasteiger partial charge on any atom is -0.466 e. The molecule has 0 saturated carbocycles. The maximum atomic E-state index is 11.8. The molecule has 0 aromatic carbocycles. The Kier molecular flexibility index (Phi) is 4.94. The van der Waals surface area contributed by atoms with E-state index >= 15 is 0 Å². The number of amides is 1. The highest BCUT2D eigenvalue weighted by Gasteiger charge is 2.12. The lowest BCUT2D eigenvalue weighted by atomic mass is 10.2. The molecule has 1 aromatic rings.